The van der Waals surface area contributed by atoms with Crippen molar-refractivity contribution in [2.45, 2.75) is 12.4 Å². The number of rotatable bonds is 3. The molecule has 11 heteroatoms. The smallest absolute Gasteiger partial charge is 0.309 e. The molecule has 3 nitrogen and oxygen atoms in total. The molecule has 0 saturated heterocycles. The van der Waals surface area contributed by atoms with Gasteiger partial charge in [-0.15, -0.1) is 0 Å². The number of alkyl halides is 6. The van der Waals surface area contributed by atoms with E-state index in [0.717, 1.165) is 24.1 Å². The molecule has 0 spiro atoms. The average Bonchev–Trinajstić information content (AvgIpc) is 2.71. The van der Waals surface area contributed by atoms with Crippen molar-refractivity contribution in [3.8, 4) is 11.1 Å². The molecular formula is C21H12ClF7N2O. The van der Waals surface area contributed by atoms with Gasteiger partial charge in [0, 0.05) is 29.9 Å². The van der Waals surface area contributed by atoms with Crippen LogP contribution in [0.4, 0.5) is 36.4 Å². The van der Waals surface area contributed by atoms with E-state index in [0.29, 0.717) is 12.1 Å². The van der Waals surface area contributed by atoms with Crippen LogP contribution in [0.2, 0.25) is 5.02 Å². The fourth-order valence-electron chi connectivity index (χ4n) is 2.97. The SMILES string of the molecule is CN(C(=O)c1cc(C(F)(F)F)cc(C(F)(F)F)c1)c1cnccc1-c1ccc(F)cc1Cl. The molecule has 3 aromatic rings. The Kier molecular flexibility index (Phi) is 6.19. The number of anilines is 1. The number of nitrogens with zero attached hydrogens (tertiary/aromatic N) is 2. The van der Waals surface area contributed by atoms with Crippen molar-refractivity contribution >= 4 is 23.2 Å². The lowest BCUT2D eigenvalue weighted by Gasteiger charge is -2.22. The quantitative estimate of drug-likeness (QED) is 0.387. The first kappa shape index (κ1) is 23.5. The zero-order valence-corrected chi connectivity index (χ0v) is 16.8. The van der Waals surface area contributed by atoms with Crippen molar-refractivity contribution in [1.29, 1.82) is 0 Å². The van der Waals surface area contributed by atoms with Crippen LogP contribution in [-0.4, -0.2) is 17.9 Å². The molecule has 1 amide bonds. The fourth-order valence-corrected chi connectivity index (χ4v) is 3.24. The van der Waals surface area contributed by atoms with Crippen molar-refractivity contribution in [1.82, 2.24) is 4.98 Å². The van der Waals surface area contributed by atoms with E-state index in [4.69, 9.17) is 11.6 Å². The Hall–Kier alpha value is -3.14. The molecule has 0 aliphatic carbocycles. The topological polar surface area (TPSA) is 33.2 Å². The van der Waals surface area contributed by atoms with Gasteiger partial charge in [-0.3, -0.25) is 9.78 Å². The summed E-state index contributed by atoms with van der Waals surface area (Å²) in [5.74, 6) is -1.77. The minimum atomic E-state index is -5.10. The second-order valence-electron chi connectivity index (χ2n) is 6.68. The number of halogens is 8. The van der Waals surface area contributed by atoms with Gasteiger partial charge in [0.25, 0.3) is 5.91 Å². The van der Waals surface area contributed by atoms with Gasteiger partial charge in [-0.1, -0.05) is 11.6 Å². The highest BCUT2D eigenvalue weighted by Crippen LogP contribution is 2.38. The third-order valence-corrected chi connectivity index (χ3v) is 4.83. The molecule has 0 bridgehead atoms. The molecule has 0 aliphatic heterocycles. The molecule has 0 radical (unpaired) electrons. The van der Waals surface area contributed by atoms with Crippen LogP contribution in [0, 0.1) is 5.82 Å². The first-order valence-corrected chi connectivity index (χ1v) is 9.14. The van der Waals surface area contributed by atoms with Crippen LogP contribution in [0.25, 0.3) is 11.1 Å². The van der Waals surface area contributed by atoms with Gasteiger partial charge in [0.05, 0.1) is 28.0 Å². The van der Waals surface area contributed by atoms with Gasteiger partial charge >= 0.3 is 12.4 Å². The zero-order chi connectivity index (χ0) is 23.8. The van der Waals surface area contributed by atoms with Gasteiger partial charge in [-0.2, -0.15) is 26.3 Å². The highest BCUT2D eigenvalue weighted by atomic mass is 35.5. The Morgan fingerprint density at radius 1 is 0.906 bits per heavy atom. The van der Waals surface area contributed by atoms with Crippen molar-refractivity contribution in [3.05, 3.63) is 82.4 Å². The van der Waals surface area contributed by atoms with E-state index < -0.39 is 40.8 Å². The summed E-state index contributed by atoms with van der Waals surface area (Å²) in [5.41, 5.74) is -3.46. The van der Waals surface area contributed by atoms with Crippen molar-refractivity contribution in [3.63, 3.8) is 0 Å². The molecule has 0 fully saturated rings. The van der Waals surface area contributed by atoms with Crippen LogP contribution in [0.5, 0.6) is 0 Å². The van der Waals surface area contributed by atoms with Crippen LogP contribution >= 0.6 is 11.6 Å². The molecule has 32 heavy (non-hydrogen) atoms. The van der Waals surface area contributed by atoms with Crippen LogP contribution in [0.1, 0.15) is 21.5 Å². The number of amides is 1. The molecular weight excluding hydrogens is 465 g/mol. The van der Waals surface area contributed by atoms with Gasteiger partial charge in [-0.05, 0) is 42.5 Å². The summed E-state index contributed by atoms with van der Waals surface area (Å²) in [6.45, 7) is 0. The third-order valence-electron chi connectivity index (χ3n) is 4.52. The van der Waals surface area contributed by atoms with Gasteiger partial charge < -0.3 is 4.90 Å². The molecule has 2 aromatic carbocycles. The number of benzene rings is 2. The minimum absolute atomic E-state index is 0.0169. The standard InChI is InChI=1S/C21H12ClF7N2O/c1-31(18-10-30-5-4-16(18)15-3-2-14(23)9-17(15)22)19(32)11-6-12(20(24,25)26)8-13(7-11)21(27,28)29/h2-10H,1H3. The number of aromatic nitrogens is 1. The number of hydrogen-bond acceptors (Lipinski definition) is 2. The summed E-state index contributed by atoms with van der Waals surface area (Å²) in [6.07, 6.45) is -7.68. The normalized spacial score (nSPS) is 12.0. The molecule has 0 N–H and O–H groups in total. The lowest BCUT2D eigenvalue weighted by Crippen LogP contribution is -2.28. The molecule has 0 atom stereocenters. The summed E-state index contributed by atoms with van der Waals surface area (Å²) in [7, 11) is 1.16. The number of carbonyl (C=O) groups excluding carboxylic acids is 1. The zero-order valence-electron chi connectivity index (χ0n) is 16.0. The molecule has 3 rings (SSSR count). The summed E-state index contributed by atoms with van der Waals surface area (Å²) in [4.78, 5) is 17.6. The Labute approximate surface area is 182 Å². The maximum absolute atomic E-state index is 13.4. The maximum atomic E-state index is 13.4. The second kappa shape index (κ2) is 8.42. The molecule has 0 unspecified atom stereocenters. The summed E-state index contributed by atoms with van der Waals surface area (Å²) in [6, 6.07) is 5.49. The van der Waals surface area contributed by atoms with Crippen molar-refractivity contribution in [2.24, 2.45) is 0 Å². The molecule has 168 valence electrons. The summed E-state index contributed by atoms with van der Waals surface area (Å²) in [5, 5.41) is -0.0169. The van der Waals surface area contributed by atoms with Crippen molar-refractivity contribution < 1.29 is 35.5 Å². The van der Waals surface area contributed by atoms with E-state index in [-0.39, 0.29) is 27.9 Å². The van der Waals surface area contributed by atoms with Crippen LogP contribution in [-0.2, 0) is 12.4 Å². The Morgan fingerprint density at radius 2 is 1.50 bits per heavy atom. The van der Waals surface area contributed by atoms with Gasteiger partial charge in [-0.25, -0.2) is 4.39 Å². The first-order chi connectivity index (χ1) is 14.8. The Bertz CT molecular complexity index is 1140. The van der Waals surface area contributed by atoms with E-state index in [1.54, 1.807) is 0 Å². The minimum Gasteiger partial charge on any atom is -0.309 e. The maximum Gasteiger partial charge on any atom is 0.416 e. The van der Waals surface area contributed by atoms with Crippen molar-refractivity contribution in [2.75, 3.05) is 11.9 Å². The predicted octanol–water partition coefficient (Wildman–Crippen LogP) is 6.86. The van der Waals surface area contributed by atoms with Crippen LogP contribution < -0.4 is 4.90 Å². The lowest BCUT2D eigenvalue weighted by molar-refractivity contribution is -0.143. The number of carbonyl (C=O) groups is 1. The predicted molar refractivity (Wildman–Crippen MR) is 104 cm³/mol. The average molecular weight is 477 g/mol. The van der Waals surface area contributed by atoms with E-state index in [9.17, 15) is 35.5 Å². The molecule has 0 aliphatic rings. The molecule has 1 heterocycles. The summed E-state index contributed by atoms with van der Waals surface area (Å²) >= 11 is 6.07. The highest BCUT2D eigenvalue weighted by Gasteiger charge is 2.38. The Balaban J connectivity index is 2.11. The van der Waals surface area contributed by atoms with Crippen LogP contribution in [0.15, 0.2) is 54.9 Å². The van der Waals surface area contributed by atoms with E-state index in [1.165, 1.54) is 24.5 Å². The second-order valence-corrected chi connectivity index (χ2v) is 7.08. The van der Waals surface area contributed by atoms with Gasteiger partial charge in [0.2, 0.25) is 0 Å². The van der Waals surface area contributed by atoms with E-state index >= 15 is 0 Å². The summed E-state index contributed by atoms with van der Waals surface area (Å²) < 4.78 is 92.2. The fraction of sp³-hybridized carbons (Fsp3) is 0.143. The highest BCUT2D eigenvalue weighted by molar-refractivity contribution is 6.33. The largest absolute Gasteiger partial charge is 0.416 e. The lowest BCUT2D eigenvalue weighted by atomic mass is 10.0. The van der Waals surface area contributed by atoms with Gasteiger partial charge in [0.1, 0.15) is 5.82 Å². The third kappa shape index (κ3) is 4.85. The first-order valence-electron chi connectivity index (χ1n) is 8.76. The number of pyridine rings is 1. The number of hydrogen-bond donors (Lipinski definition) is 0. The van der Waals surface area contributed by atoms with E-state index in [2.05, 4.69) is 4.98 Å². The monoisotopic (exact) mass is 476 g/mol. The van der Waals surface area contributed by atoms with E-state index in [1.807, 2.05) is 0 Å². The molecule has 0 saturated carbocycles. The van der Waals surface area contributed by atoms with Crippen LogP contribution in [0.3, 0.4) is 0 Å². The molecule has 1 aromatic heterocycles. The van der Waals surface area contributed by atoms with Gasteiger partial charge in [0.15, 0.2) is 0 Å². The Morgan fingerprint density at radius 3 is 2.03 bits per heavy atom.